The van der Waals surface area contributed by atoms with E-state index < -0.39 is 23.8 Å². The first-order valence-corrected chi connectivity index (χ1v) is 4.92. The minimum absolute atomic E-state index is 0.283. The fraction of sp³-hybridized carbons (Fsp3) is 0.182. The van der Waals surface area contributed by atoms with Gasteiger partial charge < -0.3 is 14.9 Å². The largest absolute Gasteiger partial charge is 0.548 e. The first kappa shape index (κ1) is 11.1. The van der Waals surface area contributed by atoms with Crippen molar-refractivity contribution in [3.63, 3.8) is 0 Å². The van der Waals surface area contributed by atoms with E-state index in [2.05, 4.69) is 4.98 Å². The summed E-state index contributed by atoms with van der Waals surface area (Å²) in [6.07, 6.45) is 0. The normalized spacial score (nSPS) is 10.6. The van der Waals surface area contributed by atoms with Crippen molar-refractivity contribution in [2.75, 3.05) is 0 Å². The minimum atomic E-state index is -1.48. The molecule has 0 fully saturated rings. The van der Waals surface area contributed by atoms with Crippen LogP contribution in [0.4, 0.5) is 0 Å². The molecule has 1 N–H and O–H groups in total. The van der Waals surface area contributed by atoms with Crippen LogP contribution < -0.4 is 16.4 Å². The van der Waals surface area contributed by atoms with E-state index in [0.29, 0.717) is 10.1 Å². The van der Waals surface area contributed by atoms with Gasteiger partial charge in [-0.05, 0) is 19.1 Å². The van der Waals surface area contributed by atoms with E-state index in [1.807, 2.05) is 0 Å². The lowest BCUT2D eigenvalue weighted by atomic mass is 10.2. The van der Waals surface area contributed by atoms with Crippen LogP contribution in [0.3, 0.4) is 0 Å². The van der Waals surface area contributed by atoms with Crippen LogP contribution in [0.1, 0.15) is 5.56 Å². The second-order valence-electron chi connectivity index (χ2n) is 3.74. The van der Waals surface area contributed by atoms with E-state index >= 15 is 0 Å². The molecule has 0 amide bonds. The molecule has 0 saturated heterocycles. The Morgan fingerprint density at radius 2 is 2.12 bits per heavy atom. The molecule has 1 heterocycles. The summed E-state index contributed by atoms with van der Waals surface area (Å²) in [5, 5.41) is 10.7. The van der Waals surface area contributed by atoms with Gasteiger partial charge in [-0.15, -0.1) is 0 Å². The third-order valence-electron chi connectivity index (χ3n) is 2.42. The van der Waals surface area contributed by atoms with Gasteiger partial charge >= 0.3 is 5.69 Å². The van der Waals surface area contributed by atoms with Gasteiger partial charge in [-0.25, -0.2) is 4.79 Å². The number of benzene rings is 1. The summed E-state index contributed by atoms with van der Waals surface area (Å²) in [6.45, 7) is 1.05. The first-order chi connectivity index (χ1) is 7.99. The zero-order chi connectivity index (χ0) is 12.6. The predicted octanol–water partition coefficient (Wildman–Crippen LogP) is -1.25. The Kier molecular flexibility index (Phi) is 2.55. The fourth-order valence-electron chi connectivity index (χ4n) is 1.64. The van der Waals surface area contributed by atoms with E-state index in [9.17, 15) is 19.5 Å². The Hall–Kier alpha value is -2.37. The predicted molar refractivity (Wildman–Crippen MR) is 58.6 cm³/mol. The smallest absolute Gasteiger partial charge is 0.329 e. The monoisotopic (exact) mass is 233 g/mol. The van der Waals surface area contributed by atoms with Crippen LogP contribution in [0, 0.1) is 6.92 Å². The summed E-state index contributed by atoms with van der Waals surface area (Å²) >= 11 is 0. The van der Waals surface area contributed by atoms with Crippen LogP contribution in [0.2, 0.25) is 0 Å². The van der Waals surface area contributed by atoms with E-state index in [4.69, 9.17) is 0 Å². The molecule has 0 aliphatic heterocycles. The number of rotatable bonds is 2. The van der Waals surface area contributed by atoms with Gasteiger partial charge in [0.25, 0.3) is 5.56 Å². The molecule has 88 valence electrons. The Morgan fingerprint density at radius 3 is 2.76 bits per heavy atom. The quantitative estimate of drug-likeness (QED) is 0.701. The van der Waals surface area contributed by atoms with Gasteiger partial charge in [0.05, 0.1) is 23.4 Å². The number of aromatic amines is 1. The van der Waals surface area contributed by atoms with Gasteiger partial charge in [0.1, 0.15) is 0 Å². The third-order valence-corrected chi connectivity index (χ3v) is 2.42. The van der Waals surface area contributed by atoms with Crippen molar-refractivity contribution < 1.29 is 9.90 Å². The molecule has 0 unspecified atom stereocenters. The average molecular weight is 233 g/mol. The SMILES string of the molecule is Cc1ccc2[nH]c(=O)n(CC(=O)[O-])c(=O)c2c1. The van der Waals surface area contributed by atoms with Crippen LogP contribution in [0.15, 0.2) is 27.8 Å². The standard InChI is InChI=1S/C11H10N2O4/c1-6-2-3-8-7(4-6)10(16)13(5-9(14)15)11(17)12-8/h2-4H,5H2,1H3,(H,12,17)(H,14,15)/p-1. The molecule has 1 aromatic carbocycles. The molecule has 2 aromatic rings. The number of nitrogens with one attached hydrogen (secondary N) is 1. The minimum Gasteiger partial charge on any atom is -0.548 e. The third kappa shape index (κ3) is 1.96. The first-order valence-electron chi connectivity index (χ1n) is 4.92. The Morgan fingerprint density at radius 1 is 1.41 bits per heavy atom. The summed E-state index contributed by atoms with van der Waals surface area (Å²) in [5.41, 5.74) is -0.144. The zero-order valence-electron chi connectivity index (χ0n) is 9.02. The Balaban J connectivity index is 2.83. The number of nitrogens with zero attached hydrogens (tertiary/aromatic N) is 1. The van der Waals surface area contributed by atoms with Gasteiger partial charge in [0.2, 0.25) is 0 Å². The van der Waals surface area contributed by atoms with Gasteiger partial charge in [-0.3, -0.25) is 9.36 Å². The summed E-state index contributed by atoms with van der Waals surface area (Å²) in [6, 6.07) is 4.96. The number of carbonyl (C=O) groups excluding carboxylic acids is 1. The molecule has 0 aliphatic rings. The maximum absolute atomic E-state index is 11.9. The highest BCUT2D eigenvalue weighted by atomic mass is 16.4. The van der Waals surface area contributed by atoms with Crippen LogP contribution >= 0.6 is 0 Å². The van der Waals surface area contributed by atoms with Crippen molar-refractivity contribution in [2.24, 2.45) is 0 Å². The molecule has 6 nitrogen and oxygen atoms in total. The van der Waals surface area contributed by atoms with Gasteiger partial charge in [0, 0.05) is 0 Å². The van der Waals surface area contributed by atoms with Crippen molar-refractivity contribution in [1.29, 1.82) is 0 Å². The van der Waals surface area contributed by atoms with Crippen LogP contribution in [-0.4, -0.2) is 15.5 Å². The van der Waals surface area contributed by atoms with Crippen LogP contribution in [0.25, 0.3) is 10.9 Å². The van der Waals surface area contributed by atoms with Gasteiger partial charge in [0.15, 0.2) is 0 Å². The second kappa shape index (κ2) is 3.89. The van der Waals surface area contributed by atoms with Crippen molar-refractivity contribution in [2.45, 2.75) is 13.5 Å². The van der Waals surface area contributed by atoms with E-state index in [1.54, 1.807) is 25.1 Å². The lowest BCUT2D eigenvalue weighted by molar-refractivity contribution is -0.306. The number of aryl methyl sites for hydroxylation is 1. The summed E-state index contributed by atoms with van der Waals surface area (Å²) in [5.74, 6) is -1.48. The Bertz CT molecular complexity index is 711. The van der Waals surface area contributed by atoms with Crippen molar-refractivity contribution in [3.8, 4) is 0 Å². The van der Waals surface area contributed by atoms with E-state index in [0.717, 1.165) is 5.56 Å². The molecular weight excluding hydrogens is 224 g/mol. The molecular formula is C11H9N2O4-. The number of hydrogen-bond donors (Lipinski definition) is 1. The molecule has 0 radical (unpaired) electrons. The maximum atomic E-state index is 11.9. The number of hydrogen-bond acceptors (Lipinski definition) is 4. The van der Waals surface area contributed by atoms with Crippen LogP contribution in [0.5, 0.6) is 0 Å². The topological polar surface area (TPSA) is 95.0 Å². The highest BCUT2D eigenvalue weighted by Gasteiger charge is 2.07. The number of carbonyl (C=O) groups is 1. The van der Waals surface area contributed by atoms with E-state index in [1.165, 1.54) is 0 Å². The molecule has 0 bridgehead atoms. The molecule has 0 saturated carbocycles. The molecule has 1 aromatic heterocycles. The van der Waals surface area contributed by atoms with Crippen molar-refractivity contribution in [1.82, 2.24) is 9.55 Å². The average Bonchev–Trinajstić information content (AvgIpc) is 2.25. The molecule has 0 spiro atoms. The van der Waals surface area contributed by atoms with Gasteiger partial charge in [-0.2, -0.15) is 0 Å². The Labute approximate surface area is 95.1 Å². The van der Waals surface area contributed by atoms with Crippen molar-refractivity contribution in [3.05, 3.63) is 44.6 Å². The highest BCUT2D eigenvalue weighted by molar-refractivity contribution is 5.78. The number of fused-ring (bicyclic) bond motifs is 1. The second-order valence-corrected chi connectivity index (χ2v) is 3.74. The van der Waals surface area contributed by atoms with E-state index in [-0.39, 0.29) is 5.39 Å². The zero-order valence-corrected chi connectivity index (χ0v) is 9.02. The van der Waals surface area contributed by atoms with Crippen molar-refractivity contribution >= 4 is 16.9 Å². The molecule has 0 atom stereocenters. The molecule has 6 heteroatoms. The number of carboxylic acids is 1. The maximum Gasteiger partial charge on any atom is 0.329 e. The number of H-pyrrole nitrogens is 1. The number of carboxylic acid groups (broad SMARTS) is 1. The lowest BCUT2D eigenvalue weighted by Gasteiger charge is -2.07. The van der Waals surface area contributed by atoms with Crippen LogP contribution in [-0.2, 0) is 11.3 Å². The summed E-state index contributed by atoms with van der Waals surface area (Å²) in [4.78, 5) is 36.3. The number of aliphatic carboxylic acids is 1. The highest BCUT2D eigenvalue weighted by Crippen LogP contribution is 2.07. The summed E-state index contributed by atoms with van der Waals surface area (Å²) in [7, 11) is 0. The lowest BCUT2D eigenvalue weighted by Crippen LogP contribution is -2.41. The fourth-order valence-corrected chi connectivity index (χ4v) is 1.64. The molecule has 0 aliphatic carbocycles. The molecule has 17 heavy (non-hydrogen) atoms. The summed E-state index contributed by atoms with van der Waals surface area (Å²) < 4.78 is 0.608. The molecule has 2 rings (SSSR count). The number of aromatic nitrogens is 2. The van der Waals surface area contributed by atoms with Gasteiger partial charge in [-0.1, -0.05) is 11.6 Å².